The molecule has 90 valence electrons. The van der Waals surface area contributed by atoms with Crippen molar-refractivity contribution in [1.29, 1.82) is 5.26 Å². The Morgan fingerprint density at radius 3 is 2.76 bits per heavy atom. The van der Waals surface area contributed by atoms with Crippen molar-refractivity contribution >= 4 is 5.78 Å². The zero-order chi connectivity index (χ0) is 12.8. The van der Waals surface area contributed by atoms with Gasteiger partial charge in [0, 0.05) is 5.92 Å². The molecule has 1 aromatic carbocycles. The number of Topliss-reactive ketones (excluding diaryl/α,β-unsaturated/α-hetero) is 1. The molecule has 1 rings (SSSR count). The van der Waals surface area contributed by atoms with E-state index >= 15 is 0 Å². The second-order valence-corrected chi connectivity index (χ2v) is 4.21. The zero-order valence-electron chi connectivity index (χ0n) is 10.1. The molecule has 3 heteroatoms. The van der Waals surface area contributed by atoms with Crippen LogP contribution in [0.3, 0.4) is 0 Å². The highest BCUT2D eigenvalue weighted by Crippen LogP contribution is 2.22. The lowest BCUT2D eigenvalue weighted by molar-refractivity contribution is -0.122. The Balaban J connectivity index is 2.93. The average molecular weight is 233 g/mol. The van der Waals surface area contributed by atoms with Crippen LogP contribution in [0.25, 0.3) is 0 Å². The first kappa shape index (κ1) is 13.4. The summed E-state index contributed by atoms with van der Waals surface area (Å²) >= 11 is 0. The standard InChI is InChI=1S/C14H16FNO/c1-3-5-10(2)14(17)13(9-16)11-6-4-7-12(15)8-11/h4,6-8,10,13H,3,5H2,1-2H3. The third kappa shape index (κ3) is 3.39. The van der Waals surface area contributed by atoms with Gasteiger partial charge in [-0.1, -0.05) is 32.4 Å². The van der Waals surface area contributed by atoms with Crippen LogP contribution in [-0.2, 0) is 4.79 Å². The Labute approximate surface area is 101 Å². The quantitative estimate of drug-likeness (QED) is 0.781. The lowest BCUT2D eigenvalue weighted by Gasteiger charge is -2.14. The fourth-order valence-electron chi connectivity index (χ4n) is 1.85. The van der Waals surface area contributed by atoms with Crippen LogP contribution in [0.15, 0.2) is 24.3 Å². The van der Waals surface area contributed by atoms with Crippen molar-refractivity contribution in [2.45, 2.75) is 32.6 Å². The first-order valence-corrected chi connectivity index (χ1v) is 5.79. The number of rotatable bonds is 5. The van der Waals surface area contributed by atoms with Crippen LogP contribution < -0.4 is 0 Å². The first-order chi connectivity index (χ1) is 8.10. The summed E-state index contributed by atoms with van der Waals surface area (Å²) < 4.78 is 13.1. The predicted molar refractivity (Wildman–Crippen MR) is 63.8 cm³/mol. The molecule has 0 saturated carbocycles. The van der Waals surface area contributed by atoms with Crippen molar-refractivity contribution in [2.75, 3.05) is 0 Å². The lowest BCUT2D eigenvalue weighted by atomic mass is 9.87. The number of hydrogen-bond donors (Lipinski definition) is 0. The Hall–Kier alpha value is -1.69. The van der Waals surface area contributed by atoms with E-state index in [1.807, 2.05) is 19.9 Å². The van der Waals surface area contributed by atoms with Crippen molar-refractivity contribution in [1.82, 2.24) is 0 Å². The molecule has 0 aliphatic carbocycles. The molecule has 0 N–H and O–H groups in total. The monoisotopic (exact) mass is 233 g/mol. The SMILES string of the molecule is CCCC(C)C(=O)C(C#N)c1cccc(F)c1. The summed E-state index contributed by atoms with van der Waals surface area (Å²) in [5.41, 5.74) is 0.445. The highest BCUT2D eigenvalue weighted by molar-refractivity contribution is 5.90. The third-order valence-corrected chi connectivity index (χ3v) is 2.80. The number of nitrogens with zero attached hydrogens (tertiary/aromatic N) is 1. The van der Waals surface area contributed by atoms with Gasteiger partial charge in [0.15, 0.2) is 5.78 Å². The summed E-state index contributed by atoms with van der Waals surface area (Å²) in [5.74, 6) is -1.56. The molecule has 0 radical (unpaired) electrons. The largest absolute Gasteiger partial charge is 0.298 e. The van der Waals surface area contributed by atoms with Gasteiger partial charge in [-0.3, -0.25) is 4.79 Å². The molecule has 2 nitrogen and oxygen atoms in total. The Bertz CT molecular complexity index is 436. The van der Waals surface area contributed by atoms with E-state index in [2.05, 4.69) is 0 Å². The summed E-state index contributed by atoms with van der Waals surface area (Å²) in [4.78, 5) is 12.0. The highest BCUT2D eigenvalue weighted by atomic mass is 19.1. The van der Waals surface area contributed by atoms with Gasteiger partial charge in [-0.25, -0.2) is 4.39 Å². The Morgan fingerprint density at radius 2 is 2.24 bits per heavy atom. The van der Waals surface area contributed by atoms with Gasteiger partial charge in [-0.2, -0.15) is 5.26 Å². The lowest BCUT2D eigenvalue weighted by Crippen LogP contribution is -2.19. The fraction of sp³-hybridized carbons (Fsp3) is 0.429. The molecular formula is C14H16FNO. The Morgan fingerprint density at radius 1 is 1.53 bits per heavy atom. The minimum atomic E-state index is -0.854. The van der Waals surface area contributed by atoms with Crippen molar-refractivity contribution < 1.29 is 9.18 Å². The van der Waals surface area contributed by atoms with E-state index in [1.165, 1.54) is 18.2 Å². The number of carbonyl (C=O) groups excluding carboxylic acids is 1. The number of nitriles is 1. The zero-order valence-corrected chi connectivity index (χ0v) is 10.1. The van der Waals surface area contributed by atoms with E-state index in [0.717, 1.165) is 12.8 Å². The van der Waals surface area contributed by atoms with Gasteiger partial charge in [0.25, 0.3) is 0 Å². The molecule has 0 aliphatic heterocycles. The maximum atomic E-state index is 13.1. The van der Waals surface area contributed by atoms with Crippen LogP contribution in [0.2, 0.25) is 0 Å². The summed E-state index contributed by atoms with van der Waals surface area (Å²) in [7, 11) is 0. The molecular weight excluding hydrogens is 217 g/mol. The van der Waals surface area contributed by atoms with E-state index in [9.17, 15) is 9.18 Å². The summed E-state index contributed by atoms with van der Waals surface area (Å²) in [5, 5.41) is 9.06. The van der Waals surface area contributed by atoms with Crippen molar-refractivity contribution in [2.24, 2.45) is 5.92 Å². The molecule has 1 aromatic rings. The van der Waals surface area contributed by atoms with Gasteiger partial charge < -0.3 is 0 Å². The van der Waals surface area contributed by atoms with Crippen molar-refractivity contribution in [3.63, 3.8) is 0 Å². The molecule has 0 spiro atoms. The smallest absolute Gasteiger partial charge is 0.157 e. The van der Waals surface area contributed by atoms with Gasteiger partial charge in [-0.05, 0) is 24.1 Å². The second-order valence-electron chi connectivity index (χ2n) is 4.21. The van der Waals surface area contributed by atoms with E-state index in [4.69, 9.17) is 5.26 Å². The summed E-state index contributed by atoms with van der Waals surface area (Å²) in [6.45, 7) is 3.81. The van der Waals surface area contributed by atoms with Crippen LogP contribution in [0.5, 0.6) is 0 Å². The number of carbonyl (C=O) groups is 1. The second kappa shape index (κ2) is 6.15. The maximum absolute atomic E-state index is 13.1. The van der Waals surface area contributed by atoms with E-state index in [0.29, 0.717) is 5.56 Å². The average Bonchev–Trinajstić information content (AvgIpc) is 2.30. The van der Waals surface area contributed by atoms with Crippen molar-refractivity contribution in [3.8, 4) is 6.07 Å². The molecule has 0 aliphatic rings. The predicted octanol–water partition coefficient (Wildman–Crippen LogP) is 3.44. The third-order valence-electron chi connectivity index (χ3n) is 2.80. The maximum Gasteiger partial charge on any atom is 0.157 e. The van der Waals surface area contributed by atoms with Gasteiger partial charge in [-0.15, -0.1) is 0 Å². The molecule has 17 heavy (non-hydrogen) atoms. The number of benzene rings is 1. The van der Waals surface area contributed by atoms with E-state index < -0.39 is 11.7 Å². The summed E-state index contributed by atoms with van der Waals surface area (Å²) in [6.07, 6.45) is 1.65. The van der Waals surface area contributed by atoms with Crippen LogP contribution in [0.1, 0.15) is 38.2 Å². The number of halogens is 1. The Kier molecular flexibility index (Phi) is 4.84. The van der Waals surface area contributed by atoms with Gasteiger partial charge in [0.05, 0.1) is 6.07 Å². The fourth-order valence-corrected chi connectivity index (χ4v) is 1.85. The molecule has 2 atom stereocenters. The van der Waals surface area contributed by atoms with Gasteiger partial charge in [0.1, 0.15) is 11.7 Å². The van der Waals surface area contributed by atoms with Crippen LogP contribution in [-0.4, -0.2) is 5.78 Å². The molecule has 0 amide bonds. The molecule has 0 heterocycles. The topological polar surface area (TPSA) is 40.9 Å². The van der Waals surface area contributed by atoms with Crippen molar-refractivity contribution in [3.05, 3.63) is 35.6 Å². The van der Waals surface area contributed by atoms with Crippen LogP contribution in [0, 0.1) is 23.1 Å². The van der Waals surface area contributed by atoms with Crippen LogP contribution in [0.4, 0.5) is 4.39 Å². The summed E-state index contributed by atoms with van der Waals surface area (Å²) in [6, 6.07) is 7.67. The first-order valence-electron chi connectivity index (χ1n) is 5.79. The van der Waals surface area contributed by atoms with Gasteiger partial charge >= 0.3 is 0 Å². The normalized spacial score (nSPS) is 13.8. The molecule has 0 aromatic heterocycles. The molecule has 0 bridgehead atoms. The molecule has 2 unspecified atom stereocenters. The van der Waals surface area contributed by atoms with Gasteiger partial charge in [0.2, 0.25) is 0 Å². The van der Waals surface area contributed by atoms with E-state index in [1.54, 1.807) is 6.07 Å². The molecule has 0 saturated heterocycles. The van der Waals surface area contributed by atoms with Crippen LogP contribution >= 0.6 is 0 Å². The number of hydrogen-bond acceptors (Lipinski definition) is 2. The number of ketones is 1. The molecule has 0 fully saturated rings. The van der Waals surface area contributed by atoms with E-state index in [-0.39, 0.29) is 11.7 Å². The highest BCUT2D eigenvalue weighted by Gasteiger charge is 2.24. The minimum absolute atomic E-state index is 0.125. The minimum Gasteiger partial charge on any atom is -0.298 e.